The molecule has 0 fully saturated rings. The smallest absolute Gasteiger partial charge is 0.0998 e. The number of ether oxygens (including phenoxy) is 1. The molecular weight excluding hydrogens is 212 g/mol. The van der Waals surface area contributed by atoms with E-state index in [1.165, 1.54) is 0 Å². The van der Waals surface area contributed by atoms with Gasteiger partial charge in [-0.25, -0.2) is 0 Å². The van der Waals surface area contributed by atoms with E-state index < -0.39 is 0 Å². The molecule has 0 N–H and O–H groups in total. The third kappa shape index (κ3) is 2.48. The monoisotopic (exact) mass is 228 g/mol. The summed E-state index contributed by atoms with van der Waals surface area (Å²) in [6.45, 7) is 5.57. The number of nitrogens with zero attached hydrogens (tertiary/aromatic N) is 2. The van der Waals surface area contributed by atoms with Crippen LogP contribution in [0.2, 0.25) is 0 Å². The molecule has 2 aromatic rings. The zero-order valence-corrected chi connectivity index (χ0v) is 10.2. The van der Waals surface area contributed by atoms with Gasteiger partial charge in [-0.05, 0) is 32.0 Å². The average Bonchev–Trinajstić information content (AvgIpc) is 2.72. The van der Waals surface area contributed by atoms with Gasteiger partial charge in [-0.15, -0.1) is 0 Å². The molecule has 3 heteroatoms. The van der Waals surface area contributed by atoms with Crippen LogP contribution in [-0.4, -0.2) is 17.3 Å². The first kappa shape index (κ1) is 11.7. The molecule has 2 rings (SSSR count). The van der Waals surface area contributed by atoms with Gasteiger partial charge in [-0.1, -0.05) is 6.07 Å². The van der Waals surface area contributed by atoms with E-state index in [0.717, 1.165) is 23.0 Å². The highest BCUT2D eigenvalue weighted by atomic mass is 16.5. The minimum absolute atomic E-state index is 0.256. The Morgan fingerprint density at radius 3 is 2.88 bits per heavy atom. The fraction of sp³-hybridized carbons (Fsp3) is 0.357. The van der Waals surface area contributed by atoms with Crippen LogP contribution in [0.25, 0.3) is 10.9 Å². The molecule has 0 aliphatic carbocycles. The van der Waals surface area contributed by atoms with Crippen molar-refractivity contribution in [1.29, 1.82) is 5.26 Å². The number of rotatable bonds is 4. The highest BCUT2D eigenvalue weighted by Gasteiger charge is 2.04. The first-order valence-electron chi connectivity index (χ1n) is 5.82. The second-order valence-electron chi connectivity index (χ2n) is 4.28. The lowest BCUT2D eigenvalue weighted by Crippen LogP contribution is -2.09. The van der Waals surface area contributed by atoms with Gasteiger partial charge in [0.25, 0.3) is 0 Å². The molecule has 0 atom stereocenters. The molecule has 88 valence electrons. The van der Waals surface area contributed by atoms with Crippen LogP contribution in [0.3, 0.4) is 0 Å². The number of nitriles is 1. The van der Waals surface area contributed by atoms with Crippen molar-refractivity contribution in [3.63, 3.8) is 0 Å². The molecule has 1 aromatic carbocycles. The third-order valence-corrected chi connectivity index (χ3v) is 2.72. The van der Waals surface area contributed by atoms with E-state index >= 15 is 0 Å². The van der Waals surface area contributed by atoms with Gasteiger partial charge in [0, 0.05) is 23.6 Å². The number of benzene rings is 1. The summed E-state index contributed by atoms with van der Waals surface area (Å²) in [6.07, 6.45) is 2.27. The lowest BCUT2D eigenvalue weighted by molar-refractivity contribution is 0.0733. The van der Waals surface area contributed by atoms with Crippen molar-refractivity contribution < 1.29 is 4.74 Å². The molecular formula is C14H16N2O. The van der Waals surface area contributed by atoms with Crippen molar-refractivity contribution in [2.75, 3.05) is 6.61 Å². The third-order valence-electron chi connectivity index (χ3n) is 2.72. The Morgan fingerprint density at radius 1 is 1.35 bits per heavy atom. The maximum atomic E-state index is 9.01. The maximum absolute atomic E-state index is 9.01. The summed E-state index contributed by atoms with van der Waals surface area (Å²) < 4.78 is 7.66. The van der Waals surface area contributed by atoms with E-state index in [9.17, 15) is 0 Å². The topological polar surface area (TPSA) is 38.0 Å². The minimum Gasteiger partial charge on any atom is -0.377 e. The summed E-state index contributed by atoms with van der Waals surface area (Å²) in [5.74, 6) is 0. The zero-order chi connectivity index (χ0) is 12.3. The fourth-order valence-corrected chi connectivity index (χ4v) is 1.90. The van der Waals surface area contributed by atoms with Crippen LogP contribution in [0, 0.1) is 11.3 Å². The lowest BCUT2D eigenvalue weighted by atomic mass is 10.1. The Kier molecular flexibility index (Phi) is 3.46. The predicted molar refractivity (Wildman–Crippen MR) is 67.7 cm³/mol. The summed E-state index contributed by atoms with van der Waals surface area (Å²) in [5.41, 5.74) is 1.82. The summed E-state index contributed by atoms with van der Waals surface area (Å²) in [4.78, 5) is 0. The lowest BCUT2D eigenvalue weighted by Gasteiger charge is -2.09. The van der Waals surface area contributed by atoms with Gasteiger partial charge >= 0.3 is 0 Å². The van der Waals surface area contributed by atoms with E-state index in [1.54, 1.807) is 0 Å². The van der Waals surface area contributed by atoms with E-state index in [2.05, 4.69) is 10.6 Å². The van der Waals surface area contributed by atoms with E-state index in [4.69, 9.17) is 10.00 Å². The van der Waals surface area contributed by atoms with E-state index in [1.807, 2.05) is 44.3 Å². The quantitative estimate of drug-likeness (QED) is 0.807. The van der Waals surface area contributed by atoms with E-state index in [0.29, 0.717) is 6.61 Å². The highest BCUT2D eigenvalue weighted by molar-refractivity contribution is 5.85. The molecule has 0 saturated heterocycles. The molecule has 0 aliphatic rings. The number of hydrogen-bond acceptors (Lipinski definition) is 2. The largest absolute Gasteiger partial charge is 0.377 e. The van der Waals surface area contributed by atoms with Gasteiger partial charge in [0.2, 0.25) is 0 Å². The summed E-state index contributed by atoms with van der Waals surface area (Å²) in [7, 11) is 0. The summed E-state index contributed by atoms with van der Waals surface area (Å²) in [6, 6.07) is 10.00. The van der Waals surface area contributed by atoms with Gasteiger partial charge < -0.3 is 9.30 Å². The number of fused-ring (bicyclic) bond motifs is 1. The molecule has 0 amide bonds. The van der Waals surface area contributed by atoms with Crippen molar-refractivity contribution in [2.45, 2.75) is 26.5 Å². The molecule has 1 aromatic heterocycles. The van der Waals surface area contributed by atoms with Crippen molar-refractivity contribution in [3.05, 3.63) is 36.0 Å². The Morgan fingerprint density at radius 2 is 2.18 bits per heavy atom. The summed E-state index contributed by atoms with van der Waals surface area (Å²) in [5, 5.41) is 10.0. The first-order valence-corrected chi connectivity index (χ1v) is 5.82. The van der Waals surface area contributed by atoms with Gasteiger partial charge in [-0.2, -0.15) is 5.26 Å². The van der Waals surface area contributed by atoms with Gasteiger partial charge in [0.05, 0.1) is 24.3 Å². The van der Waals surface area contributed by atoms with Gasteiger partial charge in [-0.3, -0.25) is 0 Å². The highest BCUT2D eigenvalue weighted by Crippen LogP contribution is 2.19. The van der Waals surface area contributed by atoms with Crippen LogP contribution in [0.15, 0.2) is 30.5 Å². The molecule has 0 unspecified atom stereocenters. The molecule has 0 radical (unpaired) electrons. The Hall–Kier alpha value is -1.79. The molecule has 17 heavy (non-hydrogen) atoms. The molecule has 0 spiro atoms. The summed E-state index contributed by atoms with van der Waals surface area (Å²) >= 11 is 0. The Bertz CT molecular complexity index is 549. The van der Waals surface area contributed by atoms with Crippen LogP contribution < -0.4 is 0 Å². The fourth-order valence-electron chi connectivity index (χ4n) is 1.90. The Balaban J connectivity index is 2.22. The van der Waals surface area contributed by atoms with Crippen LogP contribution in [0.1, 0.15) is 19.4 Å². The second-order valence-corrected chi connectivity index (χ2v) is 4.28. The van der Waals surface area contributed by atoms with Crippen LogP contribution in [0.5, 0.6) is 0 Å². The second kappa shape index (κ2) is 5.03. The SMILES string of the molecule is CC(C)OCCn1ccc2c(C#N)cccc21. The van der Waals surface area contributed by atoms with Gasteiger partial charge in [0.15, 0.2) is 0 Å². The number of hydrogen-bond donors (Lipinski definition) is 0. The van der Waals surface area contributed by atoms with Crippen molar-refractivity contribution in [3.8, 4) is 6.07 Å². The predicted octanol–water partition coefficient (Wildman–Crippen LogP) is 2.94. The molecule has 0 bridgehead atoms. The number of aromatic nitrogens is 1. The molecule has 3 nitrogen and oxygen atoms in total. The average molecular weight is 228 g/mol. The molecule has 1 heterocycles. The normalized spacial score (nSPS) is 10.9. The van der Waals surface area contributed by atoms with Crippen molar-refractivity contribution in [2.24, 2.45) is 0 Å². The standard InChI is InChI=1S/C14H16N2O/c1-11(2)17-9-8-16-7-6-13-12(10-15)4-3-5-14(13)16/h3-7,11H,8-9H2,1-2H3. The van der Waals surface area contributed by atoms with Crippen LogP contribution in [-0.2, 0) is 11.3 Å². The Labute approximate surface area is 101 Å². The van der Waals surface area contributed by atoms with Crippen LogP contribution in [0.4, 0.5) is 0 Å². The zero-order valence-electron chi connectivity index (χ0n) is 10.2. The van der Waals surface area contributed by atoms with Crippen LogP contribution >= 0.6 is 0 Å². The minimum atomic E-state index is 0.256. The van der Waals surface area contributed by atoms with Gasteiger partial charge in [0.1, 0.15) is 0 Å². The van der Waals surface area contributed by atoms with Crippen molar-refractivity contribution in [1.82, 2.24) is 4.57 Å². The first-order chi connectivity index (χ1) is 8.22. The maximum Gasteiger partial charge on any atom is 0.0998 e. The van der Waals surface area contributed by atoms with E-state index in [-0.39, 0.29) is 6.10 Å². The van der Waals surface area contributed by atoms with Crippen molar-refractivity contribution >= 4 is 10.9 Å². The molecule has 0 saturated carbocycles. The molecule has 0 aliphatic heterocycles.